The Morgan fingerprint density at radius 3 is 2.11 bits per heavy atom. The van der Waals surface area contributed by atoms with E-state index in [1.807, 2.05) is 6.92 Å². The lowest BCUT2D eigenvalue weighted by Crippen LogP contribution is -2.18. The van der Waals surface area contributed by atoms with E-state index in [4.69, 9.17) is 0 Å². The van der Waals surface area contributed by atoms with Crippen LogP contribution in [-0.4, -0.2) is 10.8 Å². The molecule has 0 aromatic heterocycles. The summed E-state index contributed by atoms with van der Waals surface area (Å²) in [5.41, 5.74) is 0. The summed E-state index contributed by atoms with van der Waals surface area (Å²) >= 11 is 5.87. The summed E-state index contributed by atoms with van der Waals surface area (Å²) < 4.78 is 4.32. The number of carbonyl (C=O) groups is 1. The summed E-state index contributed by atoms with van der Waals surface area (Å²) in [5, 5.41) is 0. The van der Waals surface area contributed by atoms with Crippen LogP contribution in [0.25, 0.3) is 0 Å². The first-order valence-corrected chi connectivity index (χ1v) is 4.12. The highest BCUT2D eigenvalue weighted by Gasteiger charge is 2.18. The predicted octanol–water partition coefficient (Wildman–Crippen LogP) is 2.26. The Morgan fingerprint density at radius 2 is 2.00 bits per heavy atom. The Labute approximate surface area is 71.5 Å². The first kappa shape index (κ1) is 9.43. The van der Waals surface area contributed by atoms with E-state index in [-0.39, 0.29) is 16.7 Å². The van der Waals surface area contributed by atoms with Gasteiger partial charge < -0.3 is 3.83 Å². The Morgan fingerprint density at radius 1 is 1.56 bits per heavy atom. The third kappa shape index (κ3) is 3.20. The topological polar surface area (TPSA) is 26.3 Å². The smallest absolute Gasteiger partial charge is 0.321 e. The van der Waals surface area contributed by atoms with Crippen LogP contribution in [0.3, 0.4) is 0 Å². The lowest BCUT2D eigenvalue weighted by Gasteiger charge is -2.08. The van der Waals surface area contributed by atoms with E-state index < -0.39 is 0 Å². The molecule has 0 spiro atoms. The Kier molecular flexibility index (Phi) is 4.48. The molecule has 0 saturated carbocycles. The lowest BCUT2D eigenvalue weighted by atomic mass is 10.1. The molecule has 0 saturated heterocycles. The molecule has 0 aliphatic rings. The molecule has 2 unspecified atom stereocenters. The van der Waals surface area contributed by atoms with E-state index in [1.54, 1.807) is 6.92 Å². The molecular formula is C5H8Br2O2. The second-order valence-corrected chi connectivity index (χ2v) is 3.63. The van der Waals surface area contributed by atoms with Crippen LogP contribution in [0, 0.1) is 5.92 Å². The molecule has 0 rings (SSSR count). The van der Waals surface area contributed by atoms with Crippen molar-refractivity contribution in [3.63, 3.8) is 0 Å². The molecule has 0 amide bonds. The van der Waals surface area contributed by atoms with Crippen molar-refractivity contribution >= 4 is 38.2 Å². The van der Waals surface area contributed by atoms with Crippen LogP contribution in [0.4, 0.5) is 0 Å². The molecule has 0 heterocycles. The minimum Gasteiger partial charge on any atom is -0.383 e. The maximum atomic E-state index is 10.7. The van der Waals surface area contributed by atoms with Crippen molar-refractivity contribution < 1.29 is 8.62 Å². The molecule has 0 fully saturated rings. The second-order valence-electron chi connectivity index (χ2n) is 1.86. The maximum Gasteiger partial charge on any atom is 0.321 e. The van der Waals surface area contributed by atoms with Gasteiger partial charge in [-0.25, -0.2) is 0 Å². The zero-order valence-electron chi connectivity index (χ0n) is 5.23. The van der Waals surface area contributed by atoms with Gasteiger partial charge >= 0.3 is 5.97 Å². The molecule has 0 radical (unpaired) electrons. The number of carbonyl (C=O) groups excluding carboxylic acids is 1. The van der Waals surface area contributed by atoms with Gasteiger partial charge in [0.25, 0.3) is 0 Å². The van der Waals surface area contributed by atoms with E-state index >= 15 is 0 Å². The van der Waals surface area contributed by atoms with Gasteiger partial charge in [-0.2, -0.15) is 0 Å². The van der Waals surface area contributed by atoms with Crippen molar-refractivity contribution in [2.75, 3.05) is 0 Å². The number of hydrogen-bond donors (Lipinski definition) is 0. The fraction of sp³-hybridized carbons (Fsp3) is 0.800. The van der Waals surface area contributed by atoms with Crippen LogP contribution in [0.1, 0.15) is 13.8 Å². The van der Waals surface area contributed by atoms with Gasteiger partial charge in [-0.15, -0.1) is 0 Å². The minimum absolute atomic E-state index is 0.107. The van der Waals surface area contributed by atoms with Crippen LogP contribution >= 0.6 is 32.2 Å². The van der Waals surface area contributed by atoms with Gasteiger partial charge in [-0.05, 0) is 0 Å². The van der Waals surface area contributed by atoms with Gasteiger partial charge in [-0.3, -0.25) is 4.79 Å². The summed E-state index contributed by atoms with van der Waals surface area (Å²) in [7, 11) is 0. The number of rotatable bonds is 2. The Hall–Kier alpha value is 0.430. The van der Waals surface area contributed by atoms with Crippen molar-refractivity contribution in [1.82, 2.24) is 0 Å². The lowest BCUT2D eigenvalue weighted by molar-refractivity contribution is -0.136. The average molecular weight is 260 g/mol. The second kappa shape index (κ2) is 4.28. The molecule has 9 heavy (non-hydrogen) atoms. The molecular weight excluding hydrogens is 252 g/mol. The van der Waals surface area contributed by atoms with E-state index in [1.165, 1.54) is 0 Å². The minimum atomic E-state index is -0.251. The van der Waals surface area contributed by atoms with Gasteiger partial charge in [0, 0.05) is 4.83 Å². The Bertz CT molecular complexity index is 103. The van der Waals surface area contributed by atoms with Gasteiger partial charge in [0.05, 0.1) is 5.92 Å². The monoisotopic (exact) mass is 258 g/mol. The van der Waals surface area contributed by atoms with Crippen molar-refractivity contribution in [2.24, 2.45) is 5.92 Å². The summed E-state index contributed by atoms with van der Waals surface area (Å²) in [6.45, 7) is 3.69. The van der Waals surface area contributed by atoms with Crippen molar-refractivity contribution in [1.29, 1.82) is 0 Å². The van der Waals surface area contributed by atoms with E-state index in [0.717, 1.165) is 0 Å². The summed E-state index contributed by atoms with van der Waals surface area (Å²) in [6.07, 6.45) is 0. The highest BCUT2D eigenvalue weighted by molar-refractivity contribution is 9.09. The third-order valence-corrected chi connectivity index (χ3v) is 2.25. The molecule has 0 aliphatic carbocycles. The highest BCUT2D eigenvalue weighted by Crippen LogP contribution is 2.13. The van der Waals surface area contributed by atoms with E-state index in [0.29, 0.717) is 0 Å². The maximum absolute atomic E-state index is 10.7. The zero-order chi connectivity index (χ0) is 7.44. The Balaban J connectivity index is 3.72. The first-order valence-electron chi connectivity index (χ1n) is 2.56. The quantitative estimate of drug-likeness (QED) is 0.712. The predicted molar refractivity (Wildman–Crippen MR) is 42.6 cm³/mol. The van der Waals surface area contributed by atoms with Crippen LogP contribution in [0.15, 0.2) is 0 Å². The SMILES string of the molecule is CC(Br)C(C)C(=O)OBr. The first-order chi connectivity index (χ1) is 4.09. The van der Waals surface area contributed by atoms with Crippen LogP contribution in [-0.2, 0) is 8.62 Å². The summed E-state index contributed by atoms with van der Waals surface area (Å²) in [6, 6.07) is 0. The number of alkyl halides is 1. The molecule has 2 nitrogen and oxygen atoms in total. The van der Waals surface area contributed by atoms with Gasteiger partial charge in [0.15, 0.2) is 16.3 Å². The molecule has 0 aliphatic heterocycles. The van der Waals surface area contributed by atoms with Crippen LogP contribution in [0.5, 0.6) is 0 Å². The fourth-order valence-corrected chi connectivity index (χ4v) is 0.768. The third-order valence-electron chi connectivity index (χ3n) is 1.14. The largest absolute Gasteiger partial charge is 0.383 e. The molecule has 0 N–H and O–H groups in total. The van der Waals surface area contributed by atoms with Crippen molar-refractivity contribution in [2.45, 2.75) is 18.7 Å². The highest BCUT2D eigenvalue weighted by atomic mass is 79.9. The average Bonchev–Trinajstić information content (AvgIpc) is 1.84. The van der Waals surface area contributed by atoms with Gasteiger partial charge in [-0.1, -0.05) is 29.8 Å². The van der Waals surface area contributed by atoms with E-state index in [9.17, 15) is 4.79 Å². The van der Waals surface area contributed by atoms with Gasteiger partial charge in [0.2, 0.25) is 0 Å². The summed E-state index contributed by atoms with van der Waals surface area (Å²) in [5.74, 6) is -0.358. The standard InChI is InChI=1S/C5H8Br2O2/c1-3(4(2)6)5(8)9-7/h3-4H,1-2H3. The number of halogens is 2. The van der Waals surface area contributed by atoms with Gasteiger partial charge in [0.1, 0.15) is 0 Å². The summed E-state index contributed by atoms with van der Waals surface area (Å²) in [4.78, 5) is 10.8. The van der Waals surface area contributed by atoms with Crippen molar-refractivity contribution in [3.8, 4) is 0 Å². The van der Waals surface area contributed by atoms with Crippen LogP contribution < -0.4 is 0 Å². The molecule has 4 heteroatoms. The molecule has 0 bridgehead atoms. The fourth-order valence-electron chi connectivity index (χ4n) is 0.258. The molecule has 0 aromatic carbocycles. The van der Waals surface area contributed by atoms with Crippen molar-refractivity contribution in [3.05, 3.63) is 0 Å². The molecule has 2 atom stereocenters. The van der Waals surface area contributed by atoms with Crippen LogP contribution in [0.2, 0.25) is 0 Å². The molecule has 0 aromatic rings. The molecule has 54 valence electrons. The number of hydrogen-bond acceptors (Lipinski definition) is 2. The van der Waals surface area contributed by atoms with E-state index in [2.05, 4.69) is 36.0 Å². The normalized spacial score (nSPS) is 16.4. The zero-order valence-corrected chi connectivity index (χ0v) is 8.40.